The van der Waals surface area contributed by atoms with Crippen molar-refractivity contribution in [3.05, 3.63) is 12.2 Å². The van der Waals surface area contributed by atoms with Crippen LogP contribution in [0.15, 0.2) is 12.2 Å². The van der Waals surface area contributed by atoms with Gasteiger partial charge in [0.2, 0.25) is 0 Å². The Hall–Kier alpha value is -0.340. The molecule has 0 aromatic rings. The Morgan fingerprint density at radius 2 is 1.94 bits per heavy atom. The molecule has 3 aliphatic carbocycles. The Bertz CT molecular complexity index is 362. The van der Waals surface area contributed by atoms with Crippen LogP contribution in [0.3, 0.4) is 0 Å². The maximum atomic E-state index is 10.3. The fourth-order valence-corrected chi connectivity index (χ4v) is 5.24. The summed E-state index contributed by atoms with van der Waals surface area (Å²) in [5, 5.41) is 20.5. The lowest BCUT2D eigenvalue weighted by Gasteiger charge is -2.45. The van der Waals surface area contributed by atoms with Crippen LogP contribution in [0, 0.1) is 35.0 Å². The van der Waals surface area contributed by atoms with Crippen LogP contribution in [0.25, 0.3) is 0 Å². The molecule has 3 fully saturated rings. The van der Waals surface area contributed by atoms with Crippen molar-refractivity contribution in [2.45, 2.75) is 45.8 Å². The Kier molecular flexibility index (Phi) is 2.32. The quantitative estimate of drug-likeness (QED) is 0.685. The summed E-state index contributed by atoms with van der Waals surface area (Å²) in [5.74, 6) is 2.14. The molecule has 4 bridgehead atoms. The predicted molar refractivity (Wildman–Crippen MR) is 67.3 cm³/mol. The van der Waals surface area contributed by atoms with Gasteiger partial charge in [0.05, 0.1) is 12.2 Å². The summed E-state index contributed by atoms with van der Waals surface area (Å²) >= 11 is 0. The van der Waals surface area contributed by atoms with E-state index < -0.39 is 12.2 Å². The second-order valence-corrected chi connectivity index (χ2v) is 7.00. The van der Waals surface area contributed by atoms with Crippen molar-refractivity contribution in [1.29, 1.82) is 0 Å². The van der Waals surface area contributed by atoms with Crippen LogP contribution in [0.4, 0.5) is 0 Å². The van der Waals surface area contributed by atoms with E-state index in [9.17, 15) is 10.2 Å². The Balaban J connectivity index is 2.06. The molecular formula is C15H24O2. The van der Waals surface area contributed by atoms with Gasteiger partial charge in [-0.25, -0.2) is 0 Å². The molecule has 0 saturated heterocycles. The van der Waals surface area contributed by atoms with E-state index in [4.69, 9.17) is 0 Å². The van der Waals surface area contributed by atoms with Crippen molar-refractivity contribution in [3.63, 3.8) is 0 Å². The van der Waals surface area contributed by atoms with Crippen LogP contribution in [-0.2, 0) is 0 Å². The summed E-state index contributed by atoms with van der Waals surface area (Å²) in [6, 6.07) is 0. The lowest BCUT2D eigenvalue weighted by atomic mass is 9.61. The van der Waals surface area contributed by atoms with Crippen molar-refractivity contribution in [1.82, 2.24) is 0 Å². The maximum Gasteiger partial charge on any atom is 0.0870 e. The first-order chi connectivity index (χ1) is 7.89. The molecule has 2 heteroatoms. The minimum atomic E-state index is -0.565. The molecule has 3 aliphatic rings. The molecule has 0 aromatic heterocycles. The van der Waals surface area contributed by atoms with E-state index >= 15 is 0 Å². The second kappa shape index (κ2) is 3.36. The molecule has 3 rings (SSSR count). The second-order valence-electron chi connectivity index (χ2n) is 7.00. The van der Waals surface area contributed by atoms with E-state index in [0.717, 1.165) is 6.42 Å². The van der Waals surface area contributed by atoms with E-state index in [1.165, 1.54) is 12.0 Å². The van der Waals surface area contributed by atoms with E-state index in [-0.39, 0.29) is 17.3 Å². The highest BCUT2D eigenvalue weighted by molar-refractivity contribution is 5.33. The van der Waals surface area contributed by atoms with Gasteiger partial charge in [-0.1, -0.05) is 32.9 Å². The van der Waals surface area contributed by atoms with Crippen molar-refractivity contribution < 1.29 is 10.2 Å². The van der Waals surface area contributed by atoms with Gasteiger partial charge < -0.3 is 10.2 Å². The Morgan fingerprint density at radius 1 is 1.29 bits per heavy atom. The lowest BCUT2D eigenvalue weighted by molar-refractivity contribution is -0.0499. The summed E-state index contributed by atoms with van der Waals surface area (Å²) in [6.45, 7) is 11.0. The molecule has 7 atom stereocenters. The molecule has 3 saturated carbocycles. The fourth-order valence-electron chi connectivity index (χ4n) is 5.24. The third kappa shape index (κ3) is 1.18. The average Bonchev–Trinajstić information content (AvgIpc) is 2.58. The monoisotopic (exact) mass is 236 g/mol. The fraction of sp³-hybridized carbons (Fsp3) is 0.867. The van der Waals surface area contributed by atoms with Crippen molar-refractivity contribution in [3.8, 4) is 0 Å². The third-order valence-corrected chi connectivity index (χ3v) is 6.13. The topological polar surface area (TPSA) is 40.5 Å². The van der Waals surface area contributed by atoms with Gasteiger partial charge in [-0.05, 0) is 36.0 Å². The van der Waals surface area contributed by atoms with E-state index in [0.29, 0.717) is 17.8 Å². The summed E-state index contributed by atoms with van der Waals surface area (Å²) in [4.78, 5) is 0. The number of hydrogen-bond acceptors (Lipinski definition) is 2. The van der Waals surface area contributed by atoms with Crippen molar-refractivity contribution >= 4 is 0 Å². The van der Waals surface area contributed by atoms with Gasteiger partial charge in [-0.15, -0.1) is 0 Å². The first-order valence-corrected chi connectivity index (χ1v) is 6.95. The summed E-state index contributed by atoms with van der Waals surface area (Å²) in [6.07, 6.45) is 1.27. The van der Waals surface area contributed by atoms with Gasteiger partial charge >= 0.3 is 0 Å². The molecule has 0 aliphatic heterocycles. The molecule has 0 heterocycles. The lowest BCUT2D eigenvalue weighted by Crippen LogP contribution is -2.45. The minimum absolute atomic E-state index is 0.0827. The summed E-state index contributed by atoms with van der Waals surface area (Å²) in [5.41, 5.74) is 1.30. The van der Waals surface area contributed by atoms with Gasteiger partial charge in [0, 0.05) is 11.8 Å². The number of hydrogen-bond donors (Lipinski definition) is 2. The Morgan fingerprint density at radius 3 is 2.53 bits per heavy atom. The van der Waals surface area contributed by atoms with Gasteiger partial charge in [0.1, 0.15) is 0 Å². The SMILES string of the molecule is C=C1C2C3C([C@H](O)[C@@H]2O)[C@@]1(C)CC[C@@H]3C(C)C. The summed E-state index contributed by atoms with van der Waals surface area (Å²) < 4.78 is 0. The van der Waals surface area contributed by atoms with Gasteiger partial charge in [-0.2, -0.15) is 0 Å². The largest absolute Gasteiger partial charge is 0.390 e. The Labute approximate surface area is 104 Å². The van der Waals surface area contributed by atoms with Gasteiger partial charge in [-0.3, -0.25) is 0 Å². The highest BCUT2D eigenvalue weighted by Crippen LogP contribution is 2.69. The van der Waals surface area contributed by atoms with Gasteiger partial charge in [0.25, 0.3) is 0 Å². The molecule has 0 amide bonds. The van der Waals surface area contributed by atoms with Gasteiger partial charge in [0.15, 0.2) is 0 Å². The van der Waals surface area contributed by atoms with Crippen molar-refractivity contribution in [2.24, 2.45) is 35.0 Å². The average molecular weight is 236 g/mol. The standard InChI is InChI=1S/C15H24O2/c1-7(2)9-5-6-15(4)8(3)10-11(9)12(15)14(17)13(10)16/h7,9-14,16-17H,3,5-6H2,1-2,4H3/t9-,10?,11?,12?,13-,14+,15+/m1/s1. The van der Waals surface area contributed by atoms with E-state index in [1.807, 2.05) is 0 Å². The molecule has 96 valence electrons. The molecule has 17 heavy (non-hydrogen) atoms. The zero-order valence-corrected chi connectivity index (χ0v) is 11.1. The molecular weight excluding hydrogens is 212 g/mol. The summed E-state index contributed by atoms with van der Waals surface area (Å²) in [7, 11) is 0. The maximum absolute atomic E-state index is 10.3. The first kappa shape index (κ1) is 11.7. The van der Waals surface area contributed by atoms with E-state index in [1.54, 1.807) is 0 Å². The highest BCUT2D eigenvalue weighted by atomic mass is 16.3. The molecule has 2 N–H and O–H groups in total. The van der Waals surface area contributed by atoms with Crippen LogP contribution < -0.4 is 0 Å². The van der Waals surface area contributed by atoms with Crippen LogP contribution in [0.5, 0.6) is 0 Å². The highest BCUT2D eigenvalue weighted by Gasteiger charge is 2.68. The van der Waals surface area contributed by atoms with Crippen LogP contribution in [-0.4, -0.2) is 22.4 Å². The minimum Gasteiger partial charge on any atom is -0.390 e. The number of aliphatic hydroxyl groups excluding tert-OH is 2. The van der Waals surface area contributed by atoms with Crippen LogP contribution in [0.2, 0.25) is 0 Å². The first-order valence-electron chi connectivity index (χ1n) is 6.95. The van der Waals surface area contributed by atoms with Crippen LogP contribution in [0.1, 0.15) is 33.6 Å². The zero-order chi connectivity index (χ0) is 12.5. The number of rotatable bonds is 1. The smallest absolute Gasteiger partial charge is 0.0870 e. The number of aliphatic hydroxyl groups is 2. The van der Waals surface area contributed by atoms with Crippen LogP contribution >= 0.6 is 0 Å². The van der Waals surface area contributed by atoms with E-state index in [2.05, 4.69) is 27.4 Å². The van der Waals surface area contributed by atoms with Crippen molar-refractivity contribution in [2.75, 3.05) is 0 Å². The molecule has 0 spiro atoms. The molecule has 0 radical (unpaired) electrons. The third-order valence-electron chi connectivity index (χ3n) is 6.13. The molecule has 2 nitrogen and oxygen atoms in total. The molecule has 0 aromatic carbocycles. The predicted octanol–water partition coefficient (Wildman–Crippen LogP) is 2.21. The zero-order valence-electron chi connectivity index (χ0n) is 11.1. The molecule has 3 unspecified atom stereocenters. The normalized spacial score (nSPS) is 56.9.